The number of nitrogens with zero attached hydrogens (tertiary/aromatic N) is 2. The van der Waals surface area contributed by atoms with Gasteiger partial charge in [-0.15, -0.1) is 0 Å². The van der Waals surface area contributed by atoms with Crippen LogP contribution in [0.4, 0.5) is 0 Å². The van der Waals surface area contributed by atoms with Crippen molar-refractivity contribution in [2.45, 2.75) is 49.6 Å². The highest BCUT2D eigenvalue weighted by molar-refractivity contribution is 5.45. The summed E-state index contributed by atoms with van der Waals surface area (Å²) in [4.78, 5) is 0. The molecule has 3 nitrogen and oxygen atoms in total. The highest BCUT2D eigenvalue weighted by Gasteiger charge is 2.52. The molecule has 4 atom stereocenters. The number of aliphatic hydroxyl groups is 1. The second kappa shape index (κ2) is 7.70. The van der Waals surface area contributed by atoms with Gasteiger partial charge in [-0.25, -0.2) is 0 Å². The topological polar surface area (TPSA) is 44.0 Å². The lowest BCUT2D eigenvalue weighted by molar-refractivity contribution is -0.949. The number of likely N-dealkylation sites (N-methyl/N-ethyl adjacent to an activating group) is 1. The quantitative estimate of drug-likeness (QED) is 0.767. The predicted octanol–water partition coefficient (Wildman–Crippen LogP) is 4.27. The first-order chi connectivity index (χ1) is 13.6. The van der Waals surface area contributed by atoms with Gasteiger partial charge in [0.05, 0.1) is 31.8 Å². The molecule has 2 bridgehead atoms. The van der Waals surface area contributed by atoms with Gasteiger partial charge in [-0.2, -0.15) is 5.26 Å². The largest absolute Gasteiger partial charge is 0.391 e. The standard InChI is InChI=1S/C25H31N2O/c1-27(14-15-28)23-12-13-24(27)17-20(16-23)18-25(19-26,21-8-4-2-5-9-21)22-10-6-3-7-11-22/h2-11,20,23-24,28H,12-18H2,1H3/q+1/t20-,23+,24-,27?. The molecular formula is C25H31N2O+. The molecule has 0 spiro atoms. The van der Waals surface area contributed by atoms with Crippen molar-refractivity contribution in [2.75, 3.05) is 20.2 Å². The molecule has 3 heteroatoms. The Kier molecular flexibility index (Phi) is 5.27. The maximum absolute atomic E-state index is 10.5. The van der Waals surface area contributed by atoms with Crippen LogP contribution in [0.3, 0.4) is 0 Å². The molecule has 2 aromatic carbocycles. The lowest BCUT2D eigenvalue weighted by Crippen LogP contribution is -2.59. The summed E-state index contributed by atoms with van der Waals surface area (Å²) >= 11 is 0. The van der Waals surface area contributed by atoms with E-state index in [1.807, 2.05) is 36.4 Å². The number of hydrogen-bond acceptors (Lipinski definition) is 2. The van der Waals surface area contributed by atoms with Gasteiger partial charge in [0.15, 0.2) is 0 Å². The first-order valence-electron chi connectivity index (χ1n) is 10.6. The molecule has 0 amide bonds. The number of rotatable bonds is 6. The number of benzene rings is 2. The first kappa shape index (κ1) is 19.2. The fourth-order valence-corrected chi connectivity index (χ4v) is 6.06. The van der Waals surface area contributed by atoms with Gasteiger partial charge >= 0.3 is 0 Å². The summed E-state index contributed by atoms with van der Waals surface area (Å²) in [6, 6.07) is 24.7. The zero-order valence-corrected chi connectivity index (χ0v) is 16.8. The molecule has 2 saturated heterocycles. The smallest absolute Gasteiger partial charge is 0.107 e. The van der Waals surface area contributed by atoms with Crippen LogP contribution in [-0.2, 0) is 5.41 Å². The molecule has 0 saturated carbocycles. The third-order valence-electron chi connectivity index (χ3n) is 7.61. The molecule has 2 heterocycles. The Labute approximate surface area is 168 Å². The van der Waals surface area contributed by atoms with Crippen LogP contribution in [0.2, 0.25) is 0 Å². The van der Waals surface area contributed by atoms with Gasteiger partial charge in [-0.1, -0.05) is 60.7 Å². The van der Waals surface area contributed by atoms with Crippen molar-refractivity contribution in [3.63, 3.8) is 0 Å². The van der Waals surface area contributed by atoms with Crippen LogP contribution in [0.5, 0.6) is 0 Å². The van der Waals surface area contributed by atoms with E-state index in [9.17, 15) is 10.4 Å². The normalized spacial score (nSPS) is 29.4. The van der Waals surface area contributed by atoms with Crippen LogP contribution >= 0.6 is 0 Å². The average Bonchev–Trinajstić information content (AvgIpc) is 2.90. The molecule has 0 aliphatic carbocycles. The van der Waals surface area contributed by atoms with Crippen molar-refractivity contribution in [2.24, 2.45) is 5.92 Å². The van der Waals surface area contributed by atoms with E-state index in [4.69, 9.17) is 0 Å². The minimum absolute atomic E-state index is 0.268. The molecule has 146 valence electrons. The predicted molar refractivity (Wildman–Crippen MR) is 112 cm³/mol. The Morgan fingerprint density at radius 1 is 0.964 bits per heavy atom. The van der Waals surface area contributed by atoms with Crippen molar-refractivity contribution in [3.8, 4) is 6.07 Å². The lowest BCUT2D eigenvalue weighted by atomic mass is 9.67. The monoisotopic (exact) mass is 375 g/mol. The molecule has 28 heavy (non-hydrogen) atoms. The Bertz CT molecular complexity index is 773. The number of nitriles is 1. The fourth-order valence-electron chi connectivity index (χ4n) is 6.06. The van der Waals surface area contributed by atoms with Crippen LogP contribution in [0.15, 0.2) is 60.7 Å². The third kappa shape index (κ3) is 3.15. The summed E-state index contributed by atoms with van der Waals surface area (Å²) < 4.78 is 1.03. The van der Waals surface area contributed by atoms with Gasteiger partial charge in [-0.3, -0.25) is 0 Å². The van der Waals surface area contributed by atoms with E-state index in [2.05, 4.69) is 37.4 Å². The number of quaternary nitrogens is 1. The highest BCUT2D eigenvalue weighted by Crippen LogP contribution is 2.48. The molecule has 1 N–H and O–H groups in total. The Morgan fingerprint density at radius 3 is 1.89 bits per heavy atom. The fraction of sp³-hybridized carbons (Fsp3) is 0.480. The van der Waals surface area contributed by atoms with Crippen molar-refractivity contribution in [3.05, 3.63) is 71.8 Å². The van der Waals surface area contributed by atoms with Crippen LogP contribution in [0.25, 0.3) is 0 Å². The van der Waals surface area contributed by atoms with Crippen molar-refractivity contribution >= 4 is 0 Å². The zero-order chi connectivity index (χ0) is 19.6. The molecule has 4 rings (SSSR count). The van der Waals surface area contributed by atoms with E-state index in [0.717, 1.165) is 41.4 Å². The highest BCUT2D eigenvalue weighted by atomic mass is 16.3. The minimum Gasteiger partial charge on any atom is -0.391 e. The number of aliphatic hydroxyl groups excluding tert-OH is 1. The summed E-state index contributed by atoms with van der Waals surface area (Å²) in [5.41, 5.74) is 1.62. The maximum atomic E-state index is 10.5. The second-order valence-corrected chi connectivity index (χ2v) is 8.97. The molecule has 1 unspecified atom stereocenters. The van der Waals surface area contributed by atoms with Crippen molar-refractivity contribution < 1.29 is 9.59 Å². The number of fused-ring (bicyclic) bond motifs is 2. The van der Waals surface area contributed by atoms with Gasteiger partial charge in [0, 0.05) is 25.7 Å². The molecule has 0 aromatic heterocycles. The van der Waals surface area contributed by atoms with E-state index in [1.54, 1.807) is 0 Å². The maximum Gasteiger partial charge on any atom is 0.107 e. The number of piperidine rings is 1. The summed E-state index contributed by atoms with van der Waals surface area (Å²) in [6.07, 6.45) is 5.72. The molecule has 2 aliphatic heterocycles. The van der Waals surface area contributed by atoms with Crippen LogP contribution < -0.4 is 0 Å². The van der Waals surface area contributed by atoms with Crippen molar-refractivity contribution in [1.82, 2.24) is 0 Å². The van der Waals surface area contributed by atoms with Crippen LogP contribution in [0.1, 0.15) is 43.2 Å². The van der Waals surface area contributed by atoms with Gasteiger partial charge in [0.25, 0.3) is 0 Å². The summed E-state index contributed by atoms with van der Waals surface area (Å²) in [5.74, 6) is 0.544. The van der Waals surface area contributed by atoms with Gasteiger partial charge in [-0.05, 0) is 23.5 Å². The van der Waals surface area contributed by atoms with E-state index < -0.39 is 5.41 Å². The van der Waals surface area contributed by atoms with Crippen LogP contribution in [0, 0.1) is 17.2 Å². The molecule has 0 radical (unpaired) electrons. The van der Waals surface area contributed by atoms with Gasteiger partial charge in [0.2, 0.25) is 0 Å². The van der Waals surface area contributed by atoms with Crippen LogP contribution in [-0.4, -0.2) is 41.9 Å². The van der Waals surface area contributed by atoms with Crippen molar-refractivity contribution in [1.29, 1.82) is 5.26 Å². The minimum atomic E-state index is -0.593. The Hall–Kier alpha value is -2.15. The SMILES string of the molecule is C[N+]1(CCO)[C@@H]2CC[C@H]1C[C@@H](CC(C#N)(c1ccccc1)c1ccccc1)C2. The molecule has 2 aliphatic rings. The van der Waals surface area contributed by atoms with Gasteiger partial charge in [0.1, 0.15) is 12.0 Å². The Morgan fingerprint density at radius 2 is 1.46 bits per heavy atom. The van der Waals surface area contributed by atoms with E-state index >= 15 is 0 Å². The van der Waals surface area contributed by atoms with E-state index in [1.165, 1.54) is 12.8 Å². The molecule has 2 aromatic rings. The molecular weight excluding hydrogens is 344 g/mol. The van der Waals surface area contributed by atoms with Gasteiger partial charge < -0.3 is 9.59 Å². The molecule has 2 fully saturated rings. The third-order valence-corrected chi connectivity index (χ3v) is 7.61. The second-order valence-electron chi connectivity index (χ2n) is 8.97. The summed E-state index contributed by atoms with van der Waals surface area (Å²) in [7, 11) is 2.33. The number of hydrogen-bond donors (Lipinski definition) is 1. The summed E-state index contributed by atoms with van der Waals surface area (Å²) in [5, 5.41) is 20.0. The average molecular weight is 376 g/mol. The van der Waals surface area contributed by atoms with E-state index in [0.29, 0.717) is 18.0 Å². The van der Waals surface area contributed by atoms with E-state index in [-0.39, 0.29) is 6.61 Å². The first-order valence-corrected chi connectivity index (χ1v) is 10.6. The Balaban J connectivity index is 1.66. The summed E-state index contributed by atoms with van der Waals surface area (Å²) in [6.45, 7) is 1.13. The zero-order valence-electron chi connectivity index (χ0n) is 16.8. The lowest BCUT2D eigenvalue weighted by Gasteiger charge is -2.48.